The summed E-state index contributed by atoms with van der Waals surface area (Å²) in [6.07, 6.45) is 4.42. The molecule has 25 heavy (non-hydrogen) atoms. The Morgan fingerprint density at radius 3 is 1.32 bits per heavy atom. The van der Waals surface area contributed by atoms with Gasteiger partial charge in [0.15, 0.2) is 11.5 Å². The topological polar surface area (TPSA) is 150 Å². The number of benzene rings is 2. The standard InChI is InChI=1S/C14H8N2O3.2CHNO/c17-9-15-11-5-1-3-7-13(11)19-14-8-4-2-6-12(14)16-10-18;2*2-1-3/h1-8H;2*2H. The first kappa shape index (κ1) is 20.8. The molecule has 0 saturated carbocycles. The van der Waals surface area contributed by atoms with Gasteiger partial charge in [-0.05, 0) is 24.3 Å². The van der Waals surface area contributed by atoms with Gasteiger partial charge in [-0.1, -0.05) is 24.3 Å². The van der Waals surface area contributed by atoms with E-state index in [2.05, 4.69) is 9.98 Å². The van der Waals surface area contributed by atoms with Crippen LogP contribution in [0.2, 0.25) is 0 Å². The zero-order valence-electron chi connectivity index (χ0n) is 12.6. The SMILES string of the molecule is N=C=O.N=C=O.O=C=Nc1ccccc1Oc1ccccc1N=C=O. The number of aliphatic imine (C=N–C) groups is 2. The maximum absolute atomic E-state index is 10.3. The number of nitrogens with one attached hydrogen (secondary N) is 2. The van der Waals surface area contributed by atoms with E-state index in [1.54, 1.807) is 48.5 Å². The Morgan fingerprint density at radius 1 is 0.680 bits per heavy atom. The summed E-state index contributed by atoms with van der Waals surface area (Å²) in [4.78, 5) is 44.4. The summed E-state index contributed by atoms with van der Waals surface area (Å²) in [5, 5.41) is 10.8. The summed E-state index contributed by atoms with van der Waals surface area (Å²) < 4.78 is 5.60. The molecule has 0 fully saturated rings. The molecule has 0 radical (unpaired) electrons. The quantitative estimate of drug-likeness (QED) is 0.648. The summed E-state index contributed by atoms with van der Waals surface area (Å²) in [6, 6.07) is 13.5. The van der Waals surface area contributed by atoms with Crippen LogP contribution in [0.1, 0.15) is 0 Å². The lowest BCUT2D eigenvalue weighted by Crippen LogP contribution is -1.85. The van der Waals surface area contributed by atoms with Crippen LogP contribution in [-0.2, 0) is 19.2 Å². The van der Waals surface area contributed by atoms with E-state index in [1.165, 1.54) is 12.2 Å². The van der Waals surface area contributed by atoms with Gasteiger partial charge in [-0.2, -0.15) is 9.98 Å². The lowest BCUT2D eigenvalue weighted by atomic mass is 10.2. The molecule has 2 aromatic rings. The second-order valence-corrected chi connectivity index (χ2v) is 3.65. The summed E-state index contributed by atoms with van der Waals surface area (Å²) >= 11 is 0. The Morgan fingerprint density at radius 2 is 1.00 bits per heavy atom. The molecule has 0 aliphatic heterocycles. The van der Waals surface area contributed by atoms with Crippen LogP contribution >= 0.6 is 0 Å². The van der Waals surface area contributed by atoms with E-state index < -0.39 is 0 Å². The van der Waals surface area contributed by atoms with Crippen molar-refractivity contribution in [2.45, 2.75) is 0 Å². The maximum atomic E-state index is 10.3. The Kier molecular flexibility index (Phi) is 11.1. The fraction of sp³-hybridized carbons (Fsp3) is 0. The van der Waals surface area contributed by atoms with Crippen LogP contribution in [0.4, 0.5) is 11.4 Å². The van der Waals surface area contributed by atoms with E-state index in [-0.39, 0.29) is 0 Å². The maximum Gasteiger partial charge on any atom is 0.240 e. The molecule has 0 saturated heterocycles. The van der Waals surface area contributed by atoms with Crippen molar-refractivity contribution in [3.05, 3.63) is 48.5 Å². The predicted molar refractivity (Wildman–Crippen MR) is 85.3 cm³/mol. The first-order valence-electron chi connectivity index (χ1n) is 6.27. The number of hydrogen-bond donors (Lipinski definition) is 2. The number of rotatable bonds is 4. The van der Waals surface area contributed by atoms with Gasteiger partial charge in [0.25, 0.3) is 0 Å². The average molecular weight is 338 g/mol. The van der Waals surface area contributed by atoms with Crippen LogP contribution in [-0.4, -0.2) is 24.3 Å². The van der Waals surface area contributed by atoms with Gasteiger partial charge in [0.1, 0.15) is 11.4 Å². The molecule has 0 heterocycles. The highest BCUT2D eigenvalue weighted by Gasteiger charge is 2.07. The molecule has 0 bridgehead atoms. The second-order valence-electron chi connectivity index (χ2n) is 3.65. The highest BCUT2D eigenvalue weighted by atomic mass is 16.5. The number of hydrogen-bond acceptors (Lipinski definition) is 9. The summed E-state index contributed by atoms with van der Waals surface area (Å²) in [5.41, 5.74) is 0.699. The van der Waals surface area contributed by atoms with Gasteiger partial charge in [-0.3, -0.25) is 0 Å². The van der Waals surface area contributed by atoms with Gasteiger partial charge in [-0.25, -0.2) is 30.0 Å². The molecule has 124 valence electrons. The van der Waals surface area contributed by atoms with Crippen LogP contribution in [0, 0.1) is 10.8 Å². The van der Waals surface area contributed by atoms with Gasteiger partial charge in [-0.15, -0.1) is 0 Å². The zero-order chi connectivity index (χ0) is 18.9. The molecule has 9 heteroatoms. The third-order valence-electron chi connectivity index (χ3n) is 2.28. The normalized spacial score (nSPS) is 7.52. The van der Waals surface area contributed by atoms with Crippen molar-refractivity contribution in [3.8, 4) is 11.5 Å². The molecule has 0 spiro atoms. The van der Waals surface area contributed by atoms with Gasteiger partial charge in [0, 0.05) is 0 Å². The van der Waals surface area contributed by atoms with Crippen molar-refractivity contribution in [1.82, 2.24) is 0 Å². The molecule has 0 amide bonds. The van der Waals surface area contributed by atoms with Crippen molar-refractivity contribution >= 4 is 35.7 Å². The molecule has 0 aliphatic rings. The highest BCUT2D eigenvalue weighted by Crippen LogP contribution is 2.35. The largest absolute Gasteiger partial charge is 0.453 e. The Balaban J connectivity index is 0.000000844. The van der Waals surface area contributed by atoms with Crippen molar-refractivity contribution in [2.24, 2.45) is 9.98 Å². The summed E-state index contributed by atoms with van der Waals surface area (Å²) in [5.74, 6) is 0.749. The van der Waals surface area contributed by atoms with E-state index in [4.69, 9.17) is 25.1 Å². The molecule has 0 unspecified atom stereocenters. The van der Waals surface area contributed by atoms with Crippen LogP contribution < -0.4 is 4.74 Å². The van der Waals surface area contributed by atoms with Gasteiger partial charge in [0.05, 0.1) is 0 Å². The van der Waals surface area contributed by atoms with Crippen LogP contribution in [0.25, 0.3) is 0 Å². The van der Waals surface area contributed by atoms with Crippen LogP contribution in [0.3, 0.4) is 0 Å². The molecule has 2 N–H and O–H groups in total. The zero-order valence-corrected chi connectivity index (χ0v) is 12.6. The minimum absolute atomic E-state index is 0.349. The average Bonchev–Trinajstić information content (AvgIpc) is 2.60. The molecule has 0 aliphatic carbocycles. The summed E-state index contributed by atoms with van der Waals surface area (Å²) in [7, 11) is 0. The second kappa shape index (κ2) is 13.4. The van der Waals surface area contributed by atoms with E-state index in [1.807, 2.05) is 0 Å². The predicted octanol–water partition coefficient (Wildman–Crippen LogP) is 3.22. The molecular formula is C16H10N4O5. The lowest BCUT2D eigenvalue weighted by Gasteiger charge is -2.08. The number of isocyanates is 4. The lowest BCUT2D eigenvalue weighted by molar-refractivity contribution is 0.485. The number of nitrogens with zero attached hydrogens (tertiary/aromatic N) is 2. The molecule has 0 aromatic heterocycles. The van der Waals surface area contributed by atoms with Crippen molar-refractivity contribution in [3.63, 3.8) is 0 Å². The van der Waals surface area contributed by atoms with Crippen molar-refractivity contribution < 1.29 is 23.9 Å². The fourth-order valence-corrected chi connectivity index (χ4v) is 1.49. The minimum Gasteiger partial charge on any atom is -0.453 e. The number of carbonyl (C=O) groups excluding carboxylic acids is 4. The smallest absolute Gasteiger partial charge is 0.240 e. The first-order chi connectivity index (χ1) is 12.2. The number of para-hydroxylation sites is 4. The van der Waals surface area contributed by atoms with Crippen molar-refractivity contribution in [2.75, 3.05) is 0 Å². The summed E-state index contributed by atoms with van der Waals surface area (Å²) in [6.45, 7) is 0. The Labute approximate surface area is 141 Å². The third kappa shape index (κ3) is 8.09. The van der Waals surface area contributed by atoms with Gasteiger partial charge >= 0.3 is 0 Å². The molecule has 9 nitrogen and oxygen atoms in total. The Bertz CT molecular complexity index is 785. The molecule has 0 atom stereocenters. The van der Waals surface area contributed by atoms with Gasteiger partial charge in [0.2, 0.25) is 24.3 Å². The number of ether oxygens (including phenoxy) is 1. The van der Waals surface area contributed by atoms with Crippen LogP contribution in [0.5, 0.6) is 11.5 Å². The fourth-order valence-electron chi connectivity index (χ4n) is 1.49. The molecular weight excluding hydrogens is 328 g/mol. The molecule has 2 aromatic carbocycles. The van der Waals surface area contributed by atoms with E-state index >= 15 is 0 Å². The molecule has 2 rings (SSSR count). The first-order valence-corrected chi connectivity index (χ1v) is 6.27. The van der Waals surface area contributed by atoms with Crippen molar-refractivity contribution in [1.29, 1.82) is 10.8 Å². The highest BCUT2D eigenvalue weighted by molar-refractivity contribution is 5.62. The van der Waals surface area contributed by atoms with Gasteiger partial charge < -0.3 is 4.74 Å². The minimum atomic E-state index is 0.349. The third-order valence-corrected chi connectivity index (χ3v) is 2.28. The Hall–Kier alpha value is -4.24. The van der Waals surface area contributed by atoms with E-state index in [0.717, 1.165) is 12.2 Å². The van der Waals surface area contributed by atoms with E-state index in [0.29, 0.717) is 22.9 Å². The van der Waals surface area contributed by atoms with E-state index in [9.17, 15) is 9.59 Å². The monoisotopic (exact) mass is 338 g/mol. The van der Waals surface area contributed by atoms with Crippen LogP contribution in [0.15, 0.2) is 58.5 Å².